The highest BCUT2D eigenvalue weighted by Gasteiger charge is 2.19. The van der Waals surface area contributed by atoms with E-state index in [-0.39, 0.29) is 31.1 Å². The van der Waals surface area contributed by atoms with E-state index in [0.717, 1.165) is 57.8 Å². The van der Waals surface area contributed by atoms with Crippen LogP contribution in [0.2, 0.25) is 0 Å². The Morgan fingerprint density at radius 3 is 0.588 bits per heavy atom. The van der Waals surface area contributed by atoms with Crippen LogP contribution in [0.1, 0.15) is 361 Å². The molecule has 0 rings (SSSR count). The Balaban J connectivity index is 4.17. The number of carbonyl (C=O) groups is 3. The predicted octanol–water partition coefficient (Wildman–Crippen LogP) is 20.7. The third kappa shape index (κ3) is 55.3. The van der Waals surface area contributed by atoms with E-state index in [1.165, 1.54) is 263 Å². The summed E-state index contributed by atoms with van der Waals surface area (Å²) < 4.78 is 16.9. The first-order valence-electron chi connectivity index (χ1n) is 31.0. The molecular weight excluding hydrogens is 841 g/mol. The number of carbonyl (C=O) groups excluding carboxylic acids is 3. The van der Waals surface area contributed by atoms with E-state index in [9.17, 15) is 14.4 Å². The minimum atomic E-state index is -0.761. The van der Waals surface area contributed by atoms with Gasteiger partial charge in [0.2, 0.25) is 0 Å². The molecular formula is C62H120O6. The third-order valence-electron chi connectivity index (χ3n) is 14.4. The maximum Gasteiger partial charge on any atom is 0.306 e. The number of hydrogen-bond donors (Lipinski definition) is 0. The van der Waals surface area contributed by atoms with Gasteiger partial charge in [0.1, 0.15) is 13.2 Å². The summed E-state index contributed by atoms with van der Waals surface area (Å²) in [4.78, 5) is 38.1. The van der Waals surface area contributed by atoms with Gasteiger partial charge in [-0.25, -0.2) is 0 Å². The molecule has 0 fully saturated rings. The van der Waals surface area contributed by atoms with Crippen molar-refractivity contribution in [2.45, 2.75) is 367 Å². The van der Waals surface area contributed by atoms with Gasteiger partial charge in [0.05, 0.1) is 0 Å². The van der Waals surface area contributed by atoms with Gasteiger partial charge < -0.3 is 14.2 Å². The molecule has 0 aliphatic heterocycles. The number of ether oxygens (including phenoxy) is 3. The molecule has 0 heterocycles. The molecule has 0 aromatic carbocycles. The van der Waals surface area contributed by atoms with Gasteiger partial charge in [0.15, 0.2) is 6.10 Å². The Morgan fingerprint density at radius 1 is 0.235 bits per heavy atom. The Bertz CT molecular complexity index is 1010. The molecule has 0 bridgehead atoms. The quantitative estimate of drug-likeness (QED) is 0.0343. The van der Waals surface area contributed by atoms with Crippen molar-refractivity contribution in [3.05, 3.63) is 0 Å². The van der Waals surface area contributed by atoms with Crippen molar-refractivity contribution in [1.29, 1.82) is 0 Å². The van der Waals surface area contributed by atoms with Crippen LogP contribution >= 0.6 is 0 Å². The normalized spacial score (nSPS) is 11.9. The van der Waals surface area contributed by atoms with Crippen LogP contribution in [-0.2, 0) is 28.6 Å². The van der Waals surface area contributed by atoms with Gasteiger partial charge in [-0.05, 0) is 19.3 Å². The largest absolute Gasteiger partial charge is 0.462 e. The molecule has 0 saturated heterocycles. The van der Waals surface area contributed by atoms with Crippen LogP contribution in [0, 0.1) is 0 Å². The van der Waals surface area contributed by atoms with Gasteiger partial charge in [-0.1, -0.05) is 323 Å². The molecule has 0 saturated carbocycles. The second-order valence-corrected chi connectivity index (χ2v) is 21.3. The van der Waals surface area contributed by atoms with E-state index >= 15 is 0 Å². The molecule has 0 spiro atoms. The number of esters is 3. The number of hydrogen-bond acceptors (Lipinski definition) is 6. The van der Waals surface area contributed by atoms with Crippen molar-refractivity contribution in [2.75, 3.05) is 13.2 Å². The summed E-state index contributed by atoms with van der Waals surface area (Å²) in [6, 6.07) is 0. The average Bonchev–Trinajstić information content (AvgIpc) is 3.34. The van der Waals surface area contributed by atoms with Crippen molar-refractivity contribution < 1.29 is 28.6 Å². The molecule has 1 unspecified atom stereocenters. The zero-order valence-corrected chi connectivity index (χ0v) is 46.4. The van der Waals surface area contributed by atoms with Gasteiger partial charge in [-0.15, -0.1) is 0 Å². The van der Waals surface area contributed by atoms with Crippen molar-refractivity contribution in [1.82, 2.24) is 0 Å². The highest BCUT2D eigenvalue weighted by Crippen LogP contribution is 2.18. The first-order valence-corrected chi connectivity index (χ1v) is 31.0. The molecule has 68 heavy (non-hydrogen) atoms. The summed E-state index contributed by atoms with van der Waals surface area (Å²) in [5.74, 6) is -0.831. The Morgan fingerprint density at radius 2 is 0.397 bits per heavy atom. The SMILES string of the molecule is CCCCCCCCCCCCCCCCCCCCCCCCC(=O)OCC(COC(=O)CCCCCCCCCCCC)OC(=O)CCCCCCCCCCCCCCCCCCCC. The molecule has 404 valence electrons. The monoisotopic (exact) mass is 961 g/mol. The summed E-state index contributed by atoms with van der Waals surface area (Å²) in [7, 11) is 0. The van der Waals surface area contributed by atoms with Crippen LogP contribution in [0.3, 0.4) is 0 Å². The second kappa shape index (κ2) is 58.0. The summed E-state index contributed by atoms with van der Waals surface area (Å²) in [6.07, 6.45) is 65.4. The number of unbranched alkanes of at least 4 members (excludes halogenated alkanes) is 47. The zero-order valence-electron chi connectivity index (χ0n) is 46.4. The highest BCUT2D eigenvalue weighted by atomic mass is 16.6. The topological polar surface area (TPSA) is 78.9 Å². The van der Waals surface area contributed by atoms with E-state index in [4.69, 9.17) is 14.2 Å². The molecule has 0 amide bonds. The Kier molecular flexibility index (Phi) is 56.6. The van der Waals surface area contributed by atoms with Crippen LogP contribution in [0.25, 0.3) is 0 Å². The van der Waals surface area contributed by atoms with Gasteiger partial charge in [-0.3, -0.25) is 14.4 Å². The van der Waals surface area contributed by atoms with Crippen LogP contribution in [-0.4, -0.2) is 37.2 Å². The first kappa shape index (κ1) is 66.4. The van der Waals surface area contributed by atoms with Gasteiger partial charge in [0.25, 0.3) is 0 Å². The lowest BCUT2D eigenvalue weighted by Gasteiger charge is -2.18. The fourth-order valence-electron chi connectivity index (χ4n) is 9.68. The minimum absolute atomic E-state index is 0.0610. The Labute approximate surface area is 425 Å². The minimum Gasteiger partial charge on any atom is -0.462 e. The Hall–Kier alpha value is -1.59. The van der Waals surface area contributed by atoms with E-state index in [0.29, 0.717) is 19.3 Å². The molecule has 0 aromatic rings. The van der Waals surface area contributed by atoms with Crippen molar-refractivity contribution in [3.8, 4) is 0 Å². The molecule has 0 N–H and O–H groups in total. The fraction of sp³-hybridized carbons (Fsp3) is 0.952. The maximum absolute atomic E-state index is 12.9. The summed E-state index contributed by atoms with van der Waals surface area (Å²) in [5.41, 5.74) is 0. The van der Waals surface area contributed by atoms with Gasteiger partial charge in [-0.2, -0.15) is 0 Å². The van der Waals surface area contributed by atoms with Gasteiger partial charge >= 0.3 is 17.9 Å². The van der Waals surface area contributed by atoms with Crippen molar-refractivity contribution in [2.24, 2.45) is 0 Å². The molecule has 1 atom stereocenters. The highest BCUT2D eigenvalue weighted by molar-refractivity contribution is 5.71. The standard InChI is InChI=1S/C62H120O6/c1-4-7-10-13-16-19-22-24-26-28-30-31-32-33-35-36-38-40-43-46-49-52-55-61(64)67-58-59(57-66-60(63)54-51-48-45-42-21-18-15-12-9-6-3)68-62(65)56-53-50-47-44-41-39-37-34-29-27-25-23-20-17-14-11-8-5-2/h59H,4-58H2,1-3H3. The third-order valence-corrected chi connectivity index (χ3v) is 14.4. The molecule has 0 aromatic heterocycles. The predicted molar refractivity (Wildman–Crippen MR) is 294 cm³/mol. The fourth-order valence-corrected chi connectivity index (χ4v) is 9.68. The maximum atomic E-state index is 12.9. The lowest BCUT2D eigenvalue weighted by molar-refractivity contribution is -0.167. The van der Waals surface area contributed by atoms with E-state index in [2.05, 4.69) is 20.8 Å². The van der Waals surface area contributed by atoms with E-state index in [1.807, 2.05) is 0 Å². The van der Waals surface area contributed by atoms with Crippen LogP contribution < -0.4 is 0 Å². The second-order valence-electron chi connectivity index (χ2n) is 21.3. The molecule has 6 nitrogen and oxygen atoms in total. The van der Waals surface area contributed by atoms with E-state index < -0.39 is 6.10 Å². The van der Waals surface area contributed by atoms with Crippen LogP contribution in [0.5, 0.6) is 0 Å². The molecule has 6 heteroatoms. The zero-order chi connectivity index (χ0) is 49.3. The molecule has 0 aliphatic rings. The summed E-state index contributed by atoms with van der Waals surface area (Å²) in [5, 5.41) is 0. The van der Waals surface area contributed by atoms with Crippen molar-refractivity contribution in [3.63, 3.8) is 0 Å². The molecule has 0 radical (unpaired) electrons. The lowest BCUT2D eigenvalue weighted by Crippen LogP contribution is -2.30. The van der Waals surface area contributed by atoms with E-state index in [1.54, 1.807) is 0 Å². The lowest BCUT2D eigenvalue weighted by atomic mass is 10.0. The number of rotatable bonds is 58. The van der Waals surface area contributed by atoms with Gasteiger partial charge in [0, 0.05) is 19.3 Å². The summed E-state index contributed by atoms with van der Waals surface area (Å²) >= 11 is 0. The van der Waals surface area contributed by atoms with Crippen LogP contribution in [0.15, 0.2) is 0 Å². The summed E-state index contributed by atoms with van der Waals surface area (Å²) in [6.45, 7) is 6.71. The smallest absolute Gasteiger partial charge is 0.306 e. The molecule has 0 aliphatic carbocycles. The van der Waals surface area contributed by atoms with Crippen LogP contribution in [0.4, 0.5) is 0 Å². The first-order chi connectivity index (χ1) is 33.5. The average molecular weight is 962 g/mol. The van der Waals surface area contributed by atoms with Crippen molar-refractivity contribution >= 4 is 17.9 Å².